The maximum atomic E-state index is 8.46. The van der Waals surface area contributed by atoms with Gasteiger partial charge in [0.05, 0.1) is 0 Å². The number of hydrogen-bond donors (Lipinski definition) is 1. The molecule has 0 aliphatic carbocycles. The van der Waals surface area contributed by atoms with Crippen molar-refractivity contribution in [1.29, 1.82) is 0 Å². The van der Waals surface area contributed by atoms with Crippen LogP contribution in [-0.2, 0) is 11.0 Å². The smallest absolute Gasteiger partial charge is 0.164 e. The van der Waals surface area contributed by atoms with Gasteiger partial charge >= 0.3 is 0 Å². The van der Waals surface area contributed by atoms with E-state index in [2.05, 4.69) is 271 Å². The lowest BCUT2D eigenvalue weighted by atomic mass is 9.64. The molecule has 0 aliphatic rings. The van der Waals surface area contributed by atoms with E-state index in [0.717, 1.165) is 66.8 Å². The van der Waals surface area contributed by atoms with Gasteiger partial charge in [-0.3, -0.25) is 0 Å². The molecular formula is C71H57NO. The molecule has 12 rings (SSSR count). The molecule has 0 spiro atoms. The van der Waals surface area contributed by atoms with Crippen molar-refractivity contribution < 1.29 is 4.74 Å². The van der Waals surface area contributed by atoms with Crippen LogP contribution in [0.15, 0.2) is 231 Å². The molecule has 12 aromatic rings. The molecule has 12 aromatic carbocycles. The lowest BCUT2D eigenvalue weighted by Gasteiger charge is -2.48. The zero-order chi connectivity index (χ0) is 49.9. The Hall–Kier alpha value is -8.64. The molecule has 0 bridgehead atoms. The third kappa shape index (κ3) is 7.94. The van der Waals surface area contributed by atoms with Crippen molar-refractivity contribution in [2.75, 3.05) is 5.32 Å². The third-order valence-electron chi connectivity index (χ3n) is 14.8. The molecule has 0 aliphatic heterocycles. The van der Waals surface area contributed by atoms with E-state index in [9.17, 15) is 0 Å². The Kier molecular flexibility index (Phi) is 11.1. The third-order valence-corrected chi connectivity index (χ3v) is 14.8. The van der Waals surface area contributed by atoms with Crippen LogP contribution in [-0.4, -0.2) is 0 Å². The predicted octanol–water partition coefficient (Wildman–Crippen LogP) is 19.0. The van der Waals surface area contributed by atoms with Crippen molar-refractivity contribution in [2.24, 2.45) is 5.41 Å². The van der Waals surface area contributed by atoms with Gasteiger partial charge in [-0.1, -0.05) is 223 Å². The molecule has 352 valence electrons. The molecule has 0 amide bonds. The zero-order valence-electron chi connectivity index (χ0n) is 42.3. The number of hydrogen-bond acceptors (Lipinski definition) is 2. The summed E-state index contributed by atoms with van der Waals surface area (Å²) in [7, 11) is 0. The summed E-state index contributed by atoms with van der Waals surface area (Å²) in [6.45, 7) is 14.0. The second-order valence-electron chi connectivity index (χ2n) is 21.6. The standard InChI is InChI=1S/C71H57NO/c1-69(2,3)61-35-19-20-36-62(61)71(70(4,5)6,54-29-15-9-16-30-54)73-68-58-42-41-51-28-22-34-57-59-45-52-40-39-48(38-37-47-23-21-33-56(44-47)72-55-31-17-10-18-32-55)43-53(52)46-60(59)67(66(58)63(51)57)64(49-24-11-7-12-25-49)65(68)50-26-13-8-14-27-50/h7-36,39-46,72H,1-6H3. The van der Waals surface area contributed by atoms with Gasteiger partial charge in [0.1, 0.15) is 5.75 Å². The van der Waals surface area contributed by atoms with Crippen LogP contribution in [0.5, 0.6) is 5.75 Å². The summed E-state index contributed by atoms with van der Waals surface area (Å²) in [5.41, 5.74) is 10.4. The highest BCUT2D eigenvalue weighted by atomic mass is 16.5. The van der Waals surface area contributed by atoms with Gasteiger partial charge in [-0.05, 0) is 126 Å². The molecule has 0 radical (unpaired) electrons. The van der Waals surface area contributed by atoms with Gasteiger partial charge in [0.25, 0.3) is 0 Å². The van der Waals surface area contributed by atoms with E-state index in [1.165, 1.54) is 54.2 Å². The van der Waals surface area contributed by atoms with E-state index in [-0.39, 0.29) is 5.41 Å². The highest BCUT2D eigenvalue weighted by Crippen LogP contribution is 2.58. The Morgan fingerprint density at radius 3 is 1.63 bits per heavy atom. The summed E-state index contributed by atoms with van der Waals surface area (Å²) in [6.07, 6.45) is 0. The van der Waals surface area contributed by atoms with Crippen LogP contribution in [0.2, 0.25) is 0 Å². The fraction of sp³-hybridized carbons (Fsp3) is 0.127. The highest BCUT2D eigenvalue weighted by Gasteiger charge is 2.50. The number of ether oxygens (including phenoxy) is 1. The molecule has 0 fully saturated rings. The molecule has 0 saturated carbocycles. The lowest BCUT2D eigenvalue weighted by Crippen LogP contribution is -2.48. The van der Waals surface area contributed by atoms with Gasteiger partial charge in [0.2, 0.25) is 0 Å². The number of para-hydroxylation sites is 1. The number of benzene rings is 12. The summed E-state index contributed by atoms with van der Waals surface area (Å²) in [6, 6.07) is 83.3. The van der Waals surface area contributed by atoms with Crippen LogP contribution in [0, 0.1) is 17.3 Å². The van der Waals surface area contributed by atoms with E-state index in [1.807, 2.05) is 18.2 Å². The van der Waals surface area contributed by atoms with E-state index in [1.54, 1.807) is 0 Å². The first-order valence-electron chi connectivity index (χ1n) is 25.5. The first-order valence-corrected chi connectivity index (χ1v) is 25.5. The summed E-state index contributed by atoms with van der Waals surface area (Å²) in [5, 5.41) is 15.4. The first kappa shape index (κ1) is 45.5. The number of nitrogens with one attached hydrogen (secondary N) is 1. The van der Waals surface area contributed by atoms with Crippen molar-refractivity contribution in [1.82, 2.24) is 0 Å². The minimum absolute atomic E-state index is 0.177. The van der Waals surface area contributed by atoms with Crippen molar-refractivity contribution in [3.63, 3.8) is 0 Å². The predicted molar refractivity (Wildman–Crippen MR) is 311 cm³/mol. The van der Waals surface area contributed by atoms with Gasteiger partial charge in [0.15, 0.2) is 5.60 Å². The van der Waals surface area contributed by atoms with Crippen LogP contribution in [0.3, 0.4) is 0 Å². The van der Waals surface area contributed by atoms with E-state index in [0.29, 0.717) is 0 Å². The SMILES string of the molecule is CC(C)(C)c1ccccc1C(Oc1c(-c2ccccc2)c(-c2ccccc2)c2c3cc4cc(C#Cc5cccc(Nc6ccccc6)c5)ccc4cc3c3cccc4ccc1c2c43)(c1ccccc1)C(C)(C)C. The molecule has 1 atom stereocenters. The average molecular weight is 940 g/mol. The summed E-state index contributed by atoms with van der Waals surface area (Å²) >= 11 is 0. The van der Waals surface area contributed by atoms with Crippen molar-refractivity contribution in [2.45, 2.75) is 52.6 Å². The minimum atomic E-state index is -0.950. The van der Waals surface area contributed by atoms with Gasteiger partial charge < -0.3 is 10.1 Å². The Labute approximate surface area is 429 Å². The first-order chi connectivity index (χ1) is 35.5. The molecular weight excluding hydrogens is 883 g/mol. The molecule has 0 saturated heterocycles. The highest BCUT2D eigenvalue weighted by molar-refractivity contribution is 6.39. The van der Waals surface area contributed by atoms with Crippen LogP contribution >= 0.6 is 0 Å². The second kappa shape index (κ2) is 17.9. The number of fused-ring (bicyclic) bond motifs is 4. The summed E-state index contributed by atoms with van der Waals surface area (Å²) in [4.78, 5) is 0. The average Bonchev–Trinajstić information content (AvgIpc) is 3.41. The Morgan fingerprint density at radius 2 is 0.945 bits per heavy atom. The van der Waals surface area contributed by atoms with Gasteiger partial charge in [-0.25, -0.2) is 0 Å². The Balaban J connectivity index is 1.18. The van der Waals surface area contributed by atoms with Crippen molar-refractivity contribution >= 4 is 65.2 Å². The topological polar surface area (TPSA) is 21.3 Å². The maximum absolute atomic E-state index is 8.46. The fourth-order valence-corrected chi connectivity index (χ4v) is 11.5. The number of anilines is 2. The normalized spacial score (nSPS) is 12.8. The van der Waals surface area contributed by atoms with Gasteiger partial charge in [-0.15, -0.1) is 0 Å². The molecule has 1 N–H and O–H groups in total. The van der Waals surface area contributed by atoms with Crippen LogP contribution in [0.25, 0.3) is 76.1 Å². The Bertz CT molecular complexity index is 4080. The fourth-order valence-electron chi connectivity index (χ4n) is 11.5. The number of rotatable bonds is 8. The quantitative estimate of drug-likeness (QED) is 0.0931. The molecule has 0 aromatic heterocycles. The van der Waals surface area contributed by atoms with Gasteiger partial charge in [-0.2, -0.15) is 0 Å². The van der Waals surface area contributed by atoms with Crippen LogP contribution in [0.4, 0.5) is 11.4 Å². The molecule has 0 heterocycles. The zero-order valence-corrected chi connectivity index (χ0v) is 42.3. The lowest BCUT2D eigenvalue weighted by molar-refractivity contribution is -0.000157. The van der Waals surface area contributed by atoms with E-state index in [4.69, 9.17) is 4.74 Å². The van der Waals surface area contributed by atoms with Crippen LogP contribution in [0.1, 0.15) is 69.4 Å². The summed E-state index contributed by atoms with van der Waals surface area (Å²) in [5.74, 6) is 7.88. The second-order valence-corrected chi connectivity index (χ2v) is 21.6. The monoisotopic (exact) mass is 939 g/mol. The van der Waals surface area contributed by atoms with Gasteiger partial charge in [0, 0.05) is 60.9 Å². The molecule has 2 nitrogen and oxygen atoms in total. The molecule has 2 heteroatoms. The maximum Gasteiger partial charge on any atom is 0.164 e. The molecule has 73 heavy (non-hydrogen) atoms. The van der Waals surface area contributed by atoms with E-state index >= 15 is 0 Å². The summed E-state index contributed by atoms with van der Waals surface area (Å²) < 4.78 is 8.46. The largest absolute Gasteiger partial charge is 0.476 e. The minimum Gasteiger partial charge on any atom is -0.476 e. The van der Waals surface area contributed by atoms with Crippen LogP contribution < -0.4 is 10.1 Å². The Morgan fingerprint density at radius 1 is 0.370 bits per heavy atom. The molecule has 1 unspecified atom stereocenters. The van der Waals surface area contributed by atoms with Crippen molar-refractivity contribution in [3.8, 4) is 39.8 Å². The van der Waals surface area contributed by atoms with E-state index < -0.39 is 11.0 Å². The van der Waals surface area contributed by atoms with Crippen molar-refractivity contribution in [3.05, 3.63) is 258 Å².